The molecule has 4 aliphatic rings. The quantitative estimate of drug-likeness (QED) is 0.0476. The zero-order chi connectivity index (χ0) is 48.0. The number of cyclic esters (lactones) is 2. The summed E-state index contributed by atoms with van der Waals surface area (Å²) in [5.74, 6) is -5.94. The van der Waals surface area contributed by atoms with Crippen LogP contribution in [0.4, 0.5) is 27.2 Å². The Morgan fingerprint density at radius 2 is 0.797 bits per heavy atom. The standard InChI is InChI=1S/C52H58F4N4O8.H2O/c1-3-59-33-45(65-49(59)63)25-31-57-27-21-39(22-28-57)51(35-5-13-41(53)14-6-35,36-7-15-42(54)16-8-36)67-47(61)48(62)68-52(37-9-17-43(55)18-10-37,38-11-19-44(56)20-12-38)40-23-29-58(30-24-40)32-26-46-34-60(4-2)50(64)66-46;/h5-20,39-40,45-46H,3-4,21-34H2,1-2H3;1H2. The number of carbonyl (C=O) groups is 4. The fourth-order valence-electron chi connectivity index (χ4n) is 10.6. The van der Waals surface area contributed by atoms with E-state index >= 15 is 0 Å². The molecule has 4 aromatic carbocycles. The predicted molar refractivity (Wildman–Crippen MR) is 246 cm³/mol. The number of ether oxygens (including phenoxy) is 4. The van der Waals surface area contributed by atoms with Crippen LogP contribution in [0.1, 0.15) is 74.6 Å². The van der Waals surface area contributed by atoms with Gasteiger partial charge in [0.05, 0.1) is 13.1 Å². The number of amides is 2. The van der Waals surface area contributed by atoms with Crippen LogP contribution in [-0.4, -0.2) is 127 Å². The highest BCUT2D eigenvalue weighted by Gasteiger charge is 2.52. The van der Waals surface area contributed by atoms with Crippen LogP contribution in [0.2, 0.25) is 0 Å². The van der Waals surface area contributed by atoms with Crippen LogP contribution in [0.3, 0.4) is 0 Å². The van der Waals surface area contributed by atoms with Gasteiger partial charge in [-0.25, -0.2) is 36.7 Å². The van der Waals surface area contributed by atoms with Crippen LogP contribution < -0.4 is 0 Å². The molecular formula is C52H60F4N4O9. The number of carbonyl (C=O) groups excluding carboxylic acids is 4. The van der Waals surface area contributed by atoms with Gasteiger partial charge in [0.1, 0.15) is 35.5 Å². The lowest BCUT2D eigenvalue weighted by molar-refractivity contribution is -0.191. The van der Waals surface area contributed by atoms with Crippen molar-refractivity contribution in [2.24, 2.45) is 11.8 Å². The largest absolute Gasteiger partial charge is 0.444 e. The summed E-state index contributed by atoms with van der Waals surface area (Å²) < 4.78 is 82.9. The van der Waals surface area contributed by atoms with Crippen LogP contribution in [0, 0.1) is 35.1 Å². The second-order valence-electron chi connectivity index (χ2n) is 18.2. The number of nitrogens with zero attached hydrogens (tertiary/aromatic N) is 4. The van der Waals surface area contributed by atoms with Crippen LogP contribution in [0.15, 0.2) is 97.1 Å². The molecule has 2 unspecified atom stereocenters. The van der Waals surface area contributed by atoms with E-state index in [0.29, 0.717) is 126 Å². The van der Waals surface area contributed by atoms with Crippen molar-refractivity contribution in [3.63, 3.8) is 0 Å². The zero-order valence-corrected chi connectivity index (χ0v) is 38.9. The number of rotatable bonds is 16. The van der Waals surface area contributed by atoms with E-state index in [2.05, 4.69) is 9.80 Å². The lowest BCUT2D eigenvalue weighted by Crippen LogP contribution is -2.50. The fraction of sp³-hybridized carbons (Fsp3) is 0.462. The molecule has 0 aromatic heterocycles. The third kappa shape index (κ3) is 11.1. The fourth-order valence-corrected chi connectivity index (χ4v) is 10.6. The smallest absolute Gasteiger partial charge is 0.418 e. The van der Waals surface area contributed by atoms with Gasteiger partial charge < -0.3 is 44.0 Å². The third-order valence-corrected chi connectivity index (χ3v) is 14.3. The SMILES string of the molecule is CCN1CC(CCN2CCC(C(OC(=O)C(=O)OC(c3ccc(F)cc3)(c3ccc(F)cc3)C3CCN(CCC4CN(CC)C(=O)O4)CC3)(c3ccc(F)cc3)c3ccc(F)cc3)CC2)OC1=O.O. The molecular weight excluding hydrogens is 901 g/mol. The van der Waals surface area contributed by atoms with Crippen molar-refractivity contribution in [3.05, 3.63) is 143 Å². The minimum atomic E-state index is -1.74. The Morgan fingerprint density at radius 3 is 1.04 bits per heavy atom. The van der Waals surface area contributed by atoms with Gasteiger partial charge in [0, 0.05) is 60.3 Å². The molecule has 17 heteroatoms. The van der Waals surface area contributed by atoms with Crippen LogP contribution >= 0.6 is 0 Å². The van der Waals surface area contributed by atoms with Crippen LogP contribution in [0.25, 0.3) is 0 Å². The average molecular weight is 961 g/mol. The van der Waals surface area contributed by atoms with Crippen LogP contribution in [0.5, 0.6) is 0 Å². The van der Waals surface area contributed by atoms with E-state index in [4.69, 9.17) is 18.9 Å². The number of hydrogen-bond acceptors (Lipinski definition) is 10. The lowest BCUT2D eigenvalue weighted by atomic mass is 9.71. The molecule has 2 N–H and O–H groups in total. The van der Waals surface area contributed by atoms with Crippen LogP contribution in [-0.2, 0) is 39.7 Å². The molecule has 4 saturated heterocycles. The molecule has 370 valence electrons. The molecule has 2 amide bonds. The minimum absolute atomic E-state index is 0. The van der Waals surface area contributed by atoms with Crippen molar-refractivity contribution >= 4 is 24.1 Å². The maximum absolute atomic E-state index is 14.9. The van der Waals surface area contributed by atoms with Crippen molar-refractivity contribution in [1.82, 2.24) is 19.6 Å². The molecule has 69 heavy (non-hydrogen) atoms. The van der Waals surface area contributed by atoms with Gasteiger partial charge in [-0.15, -0.1) is 0 Å². The number of piperidine rings is 2. The minimum Gasteiger partial charge on any atom is -0.444 e. The van der Waals surface area contributed by atoms with Gasteiger partial charge in [-0.2, -0.15) is 0 Å². The maximum atomic E-state index is 14.9. The third-order valence-electron chi connectivity index (χ3n) is 14.3. The Hall–Kier alpha value is -6.04. The first-order valence-corrected chi connectivity index (χ1v) is 23.7. The number of halogens is 4. The van der Waals surface area contributed by atoms with Gasteiger partial charge in [0.25, 0.3) is 0 Å². The van der Waals surface area contributed by atoms with Gasteiger partial charge in [0.2, 0.25) is 0 Å². The van der Waals surface area contributed by atoms with Crippen molar-refractivity contribution in [3.8, 4) is 0 Å². The summed E-state index contributed by atoms with van der Waals surface area (Å²) in [5, 5.41) is 0. The van der Waals surface area contributed by atoms with E-state index < -0.39 is 58.2 Å². The Kier molecular flexibility index (Phi) is 16.3. The molecule has 4 fully saturated rings. The number of esters is 2. The molecule has 13 nitrogen and oxygen atoms in total. The van der Waals surface area contributed by atoms with Gasteiger partial charge >= 0.3 is 24.1 Å². The monoisotopic (exact) mass is 960 g/mol. The summed E-state index contributed by atoms with van der Waals surface area (Å²) in [6.45, 7) is 9.35. The van der Waals surface area contributed by atoms with E-state index in [1.807, 2.05) is 13.8 Å². The number of hydrogen-bond donors (Lipinski definition) is 0. The summed E-state index contributed by atoms with van der Waals surface area (Å²) in [6, 6.07) is 21.8. The number of benzene rings is 4. The summed E-state index contributed by atoms with van der Waals surface area (Å²) in [4.78, 5) is 61.9. The van der Waals surface area contributed by atoms with E-state index in [-0.39, 0.29) is 29.9 Å². The normalized spacial score (nSPS) is 19.8. The summed E-state index contributed by atoms with van der Waals surface area (Å²) in [5.41, 5.74) is -2.07. The van der Waals surface area contributed by atoms with E-state index in [1.165, 1.54) is 97.1 Å². The van der Waals surface area contributed by atoms with Crippen molar-refractivity contribution in [1.29, 1.82) is 0 Å². The first-order chi connectivity index (χ1) is 32.8. The molecule has 0 aliphatic carbocycles. The van der Waals surface area contributed by atoms with Crippen molar-refractivity contribution < 1.29 is 61.2 Å². The van der Waals surface area contributed by atoms with Crippen molar-refractivity contribution in [2.75, 3.05) is 65.4 Å². The lowest BCUT2D eigenvalue weighted by Gasteiger charge is -2.46. The second kappa shape index (κ2) is 22.1. The Morgan fingerprint density at radius 1 is 0.522 bits per heavy atom. The molecule has 0 spiro atoms. The van der Waals surface area contributed by atoms with E-state index in [0.717, 1.165) is 0 Å². The van der Waals surface area contributed by atoms with Gasteiger partial charge in [-0.05, 0) is 127 Å². The molecule has 4 heterocycles. The molecule has 0 saturated carbocycles. The molecule has 2 atom stereocenters. The molecule has 4 aromatic rings. The van der Waals surface area contributed by atoms with E-state index in [1.54, 1.807) is 9.80 Å². The summed E-state index contributed by atoms with van der Waals surface area (Å²) in [6.07, 6.45) is 1.85. The van der Waals surface area contributed by atoms with E-state index in [9.17, 15) is 36.7 Å². The molecule has 0 radical (unpaired) electrons. The van der Waals surface area contributed by atoms with Gasteiger partial charge in [-0.3, -0.25) is 0 Å². The van der Waals surface area contributed by atoms with Gasteiger partial charge in [-0.1, -0.05) is 48.5 Å². The molecule has 4 aliphatic heterocycles. The molecule has 8 rings (SSSR count). The molecule has 0 bridgehead atoms. The topological polar surface area (TPSA) is 150 Å². The Labute approximate surface area is 399 Å². The average Bonchev–Trinajstić information content (AvgIpc) is 3.92. The Bertz CT molecular complexity index is 2120. The first kappa shape index (κ1) is 50.8. The predicted octanol–water partition coefficient (Wildman–Crippen LogP) is 7.58. The highest BCUT2D eigenvalue weighted by Crippen LogP contribution is 2.48. The number of likely N-dealkylation sites (tertiary alicyclic amines) is 2. The maximum Gasteiger partial charge on any atom is 0.418 e. The number of likely N-dealkylation sites (N-methyl/N-ethyl adjacent to an activating group) is 2. The van der Waals surface area contributed by atoms with Crippen molar-refractivity contribution in [2.45, 2.75) is 75.8 Å². The Balaban J connectivity index is 0.00000703. The highest BCUT2D eigenvalue weighted by atomic mass is 19.1. The van der Waals surface area contributed by atoms with Gasteiger partial charge in [0.15, 0.2) is 11.2 Å². The highest BCUT2D eigenvalue weighted by molar-refractivity contribution is 6.30. The summed E-state index contributed by atoms with van der Waals surface area (Å²) in [7, 11) is 0. The second-order valence-corrected chi connectivity index (χ2v) is 18.2. The zero-order valence-electron chi connectivity index (χ0n) is 38.9. The first-order valence-electron chi connectivity index (χ1n) is 23.7. The summed E-state index contributed by atoms with van der Waals surface area (Å²) >= 11 is 0.